The normalized spacial score (nSPS) is 16.3. The summed E-state index contributed by atoms with van der Waals surface area (Å²) in [6.07, 6.45) is 1.34. The van der Waals surface area contributed by atoms with E-state index in [1.807, 2.05) is 38.1 Å². The first-order chi connectivity index (χ1) is 11.9. The van der Waals surface area contributed by atoms with Gasteiger partial charge >= 0.3 is 6.03 Å². The minimum Gasteiger partial charge on any atom is -0.368 e. The zero-order valence-electron chi connectivity index (χ0n) is 15.1. The molecule has 7 heteroatoms. The molecule has 0 aliphatic carbocycles. The Morgan fingerprint density at radius 3 is 2.40 bits per heavy atom. The van der Waals surface area contributed by atoms with Crippen LogP contribution in [0.3, 0.4) is 0 Å². The molecular formula is C18H28N4O3. The van der Waals surface area contributed by atoms with Crippen LogP contribution >= 0.6 is 0 Å². The van der Waals surface area contributed by atoms with Gasteiger partial charge in [0.2, 0.25) is 0 Å². The Labute approximate surface area is 148 Å². The molecule has 138 valence electrons. The molecule has 1 aromatic carbocycles. The summed E-state index contributed by atoms with van der Waals surface area (Å²) in [4.78, 5) is 24.2. The van der Waals surface area contributed by atoms with Gasteiger partial charge in [-0.1, -0.05) is 12.1 Å². The van der Waals surface area contributed by atoms with Crippen LogP contribution in [0.15, 0.2) is 24.3 Å². The molecule has 0 unspecified atom stereocenters. The number of urea groups is 1. The Hall–Kier alpha value is -2.12. The highest BCUT2D eigenvalue weighted by Crippen LogP contribution is 2.22. The Morgan fingerprint density at radius 2 is 1.84 bits per heavy atom. The van der Waals surface area contributed by atoms with E-state index in [0.717, 1.165) is 18.7 Å². The van der Waals surface area contributed by atoms with Crippen LogP contribution in [0.4, 0.5) is 10.5 Å². The van der Waals surface area contributed by atoms with Gasteiger partial charge in [-0.05, 0) is 57.5 Å². The zero-order chi connectivity index (χ0) is 18.3. The monoisotopic (exact) mass is 348 g/mol. The van der Waals surface area contributed by atoms with Crippen LogP contribution in [-0.4, -0.2) is 43.8 Å². The van der Waals surface area contributed by atoms with Gasteiger partial charge in [-0.2, -0.15) is 0 Å². The lowest BCUT2D eigenvalue weighted by molar-refractivity contribution is -0.146. The summed E-state index contributed by atoms with van der Waals surface area (Å²) >= 11 is 0. The van der Waals surface area contributed by atoms with Gasteiger partial charge in [0, 0.05) is 25.4 Å². The molecule has 1 saturated heterocycles. The minimum absolute atomic E-state index is 0.0741. The molecule has 0 bridgehead atoms. The van der Waals surface area contributed by atoms with Crippen LogP contribution in [0.2, 0.25) is 0 Å². The molecule has 4 N–H and O–H groups in total. The molecule has 1 heterocycles. The Bertz CT molecular complexity index is 580. The fourth-order valence-electron chi connectivity index (χ4n) is 2.83. The van der Waals surface area contributed by atoms with E-state index in [2.05, 4.69) is 21.3 Å². The number of rotatable bonds is 6. The molecule has 1 fully saturated rings. The molecule has 0 atom stereocenters. The average molecular weight is 348 g/mol. The zero-order valence-corrected chi connectivity index (χ0v) is 15.1. The number of methoxy groups -OCH3 is 1. The number of hydrogen-bond donors (Lipinski definition) is 4. The summed E-state index contributed by atoms with van der Waals surface area (Å²) in [5.74, 6) is -0.0741. The SMILES string of the molecule is COC1(C(=O)NCc2ccc(NC(=O)NC(C)C)cc2)CCNCC1. The van der Waals surface area contributed by atoms with E-state index in [9.17, 15) is 9.59 Å². The topological polar surface area (TPSA) is 91.5 Å². The molecule has 7 nitrogen and oxygen atoms in total. The first-order valence-corrected chi connectivity index (χ1v) is 8.66. The summed E-state index contributed by atoms with van der Waals surface area (Å²) in [5.41, 5.74) is 0.935. The van der Waals surface area contributed by atoms with Crippen molar-refractivity contribution >= 4 is 17.6 Å². The average Bonchev–Trinajstić information content (AvgIpc) is 2.60. The summed E-state index contributed by atoms with van der Waals surface area (Å²) < 4.78 is 5.52. The number of amides is 3. The van der Waals surface area contributed by atoms with Gasteiger partial charge in [0.05, 0.1) is 0 Å². The van der Waals surface area contributed by atoms with Crippen molar-refractivity contribution in [2.24, 2.45) is 0 Å². The van der Waals surface area contributed by atoms with E-state index < -0.39 is 5.60 Å². The standard InChI is InChI=1S/C18H28N4O3/c1-13(2)21-17(24)22-15-6-4-14(5-7-15)12-20-16(23)18(25-3)8-10-19-11-9-18/h4-7,13,19H,8-12H2,1-3H3,(H,20,23)(H2,21,22,24). The van der Waals surface area contributed by atoms with E-state index in [1.165, 1.54) is 0 Å². The second-order valence-electron chi connectivity index (χ2n) is 6.58. The van der Waals surface area contributed by atoms with E-state index >= 15 is 0 Å². The second kappa shape index (κ2) is 8.82. The highest BCUT2D eigenvalue weighted by Gasteiger charge is 2.39. The van der Waals surface area contributed by atoms with Crippen molar-refractivity contribution in [2.45, 2.75) is 44.9 Å². The van der Waals surface area contributed by atoms with E-state index in [-0.39, 0.29) is 18.0 Å². The molecule has 0 radical (unpaired) electrons. The summed E-state index contributed by atoms with van der Waals surface area (Å²) in [5, 5.41) is 11.7. The fourth-order valence-corrected chi connectivity index (χ4v) is 2.83. The Kier molecular flexibility index (Phi) is 6.78. The lowest BCUT2D eigenvalue weighted by Gasteiger charge is -2.34. The Balaban J connectivity index is 1.86. The van der Waals surface area contributed by atoms with Crippen molar-refractivity contribution in [3.63, 3.8) is 0 Å². The first kappa shape index (κ1) is 19.2. The maximum Gasteiger partial charge on any atom is 0.319 e. The molecule has 0 aromatic heterocycles. The van der Waals surface area contributed by atoms with E-state index in [1.54, 1.807) is 7.11 Å². The maximum absolute atomic E-state index is 12.5. The summed E-state index contributed by atoms with van der Waals surface area (Å²) in [6.45, 7) is 5.79. The smallest absolute Gasteiger partial charge is 0.319 e. The van der Waals surface area contributed by atoms with Gasteiger partial charge in [-0.3, -0.25) is 4.79 Å². The third-order valence-corrected chi connectivity index (χ3v) is 4.30. The predicted molar refractivity (Wildman–Crippen MR) is 97.4 cm³/mol. The van der Waals surface area contributed by atoms with Crippen molar-refractivity contribution < 1.29 is 14.3 Å². The fraction of sp³-hybridized carbons (Fsp3) is 0.556. The van der Waals surface area contributed by atoms with Crippen LogP contribution in [0.1, 0.15) is 32.3 Å². The van der Waals surface area contributed by atoms with Crippen molar-refractivity contribution in [1.29, 1.82) is 0 Å². The van der Waals surface area contributed by atoms with E-state index in [4.69, 9.17) is 4.74 Å². The van der Waals surface area contributed by atoms with Crippen LogP contribution in [0, 0.1) is 0 Å². The first-order valence-electron chi connectivity index (χ1n) is 8.66. The van der Waals surface area contributed by atoms with Gasteiger partial charge in [0.1, 0.15) is 5.60 Å². The number of nitrogens with one attached hydrogen (secondary N) is 4. The van der Waals surface area contributed by atoms with Crippen LogP contribution in [-0.2, 0) is 16.1 Å². The molecule has 0 spiro atoms. The van der Waals surface area contributed by atoms with Gasteiger partial charge in [0.15, 0.2) is 0 Å². The van der Waals surface area contributed by atoms with Gasteiger partial charge < -0.3 is 26.0 Å². The van der Waals surface area contributed by atoms with Crippen molar-refractivity contribution in [1.82, 2.24) is 16.0 Å². The molecule has 1 aromatic rings. The third-order valence-electron chi connectivity index (χ3n) is 4.30. The maximum atomic E-state index is 12.5. The number of carbonyl (C=O) groups is 2. The van der Waals surface area contributed by atoms with Crippen molar-refractivity contribution in [3.8, 4) is 0 Å². The summed E-state index contributed by atoms with van der Waals surface area (Å²) in [6, 6.07) is 7.25. The number of piperidine rings is 1. The van der Waals surface area contributed by atoms with E-state index in [0.29, 0.717) is 25.1 Å². The molecule has 1 aliphatic rings. The largest absolute Gasteiger partial charge is 0.368 e. The molecule has 3 amide bonds. The molecular weight excluding hydrogens is 320 g/mol. The lowest BCUT2D eigenvalue weighted by atomic mass is 9.91. The molecule has 25 heavy (non-hydrogen) atoms. The molecule has 2 rings (SSSR count). The number of hydrogen-bond acceptors (Lipinski definition) is 4. The highest BCUT2D eigenvalue weighted by atomic mass is 16.5. The predicted octanol–water partition coefficient (Wildman–Crippen LogP) is 1.60. The Morgan fingerprint density at radius 1 is 1.20 bits per heavy atom. The van der Waals surface area contributed by atoms with Crippen molar-refractivity contribution in [2.75, 3.05) is 25.5 Å². The quantitative estimate of drug-likeness (QED) is 0.628. The van der Waals surface area contributed by atoms with Gasteiger partial charge in [-0.15, -0.1) is 0 Å². The van der Waals surface area contributed by atoms with Crippen LogP contribution < -0.4 is 21.3 Å². The number of ether oxygens (including phenoxy) is 1. The number of carbonyl (C=O) groups excluding carboxylic acids is 2. The third kappa shape index (κ3) is 5.44. The number of anilines is 1. The lowest BCUT2D eigenvalue weighted by Crippen LogP contribution is -2.53. The van der Waals surface area contributed by atoms with Gasteiger partial charge in [0.25, 0.3) is 5.91 Å². The van der Waals surface area contributed by atoms with Gasteiger partial charge in [-0.25, -0.2) is 4.79 Å². The van der Waals surface area contributed by atoms with Crippen molar-refractivity contribution in [3.05, 3.63) is 29.8 Å². The highest BCUT2D eigenvalue weighted by molar-refractivity contribution is 5.89. The summed E-state index contributed by atoms with van der Waals surface area (Å²) in [7, 11) is 1.59. The number of benzene rings is 1. The molecule has 1 aliphatic heterocycles. The second-order valence-corrected chi connectivity index (χ2v) is 6.58. The molecule has 0 saturated carbocycles. The van der Waals surface area contributed by atoms with Crippen LogP contribution in [0.25, 0.3) is 0 Å². The minimum atomic E-state index is -0.734. The van der Waals surface area contributed by atoms with Crippen LogP contribution in [0.5, 0.6) is 0 Å².